The van der Waals surface area contributed by atoms with E-state index in [-0.39, 0.29) is 6.10 Å². The van der Waals surface area contributed by atoms with Gasteiger partial charge in [-0.05, 0) is 25.1 Å². The number of nitrogens with zero attached hydrogens (tertiary/aromatic N) is 1. The average Bonchev–Trinajstić information content (AvgIpc) is 2.48. The normalized spacial score (nSPS) is 13.5. The number of ether oxygens (including phenoxy) is 1. The molecule has 1 unspecified atom stereocenters. The summed E-state index contributed by atoms with van der Waals surface area (Å²) in [5.41, 5.74) is 1.24. The van der Waals surface area contributed by atoms with Crippen LogP contribution in [0.15, 0.2) is 6.20 Å². The second-order valence-corrected chi connectivity index (χ2v) is 4.22. The zero-order chi connectivity index (χ0) is 10.7. The van der Waals surface area contributed by atoms with Gasteiger partial charge in [-0.15, -0.1) is 0 Å². The van der Waals surface area contributed by atoms with Crippen LogP contribution in [0.25, 0.3) is 0 Å². The van der Waals surface area contributed by atoms with Crippen molar-refractivity contribution in [2.75, 3.05) is 7.11 Å². The number of aromatic amines is 1. The quantitative estimate of drug-likeness (QED) is 0.781. The van der Waals surface area contributed by atoms with E-state index in [0.29, 0.717) is 5.92 Å². The topological polar surface area (TPSA) is 29.9 Å². The van der Waals surface area contributed by atoms with Crippen LogP contribution in [-0.2, 0) is 11.3 Å². The van der Waals surface area contributed by atoms with Gasteiger partial charge in [0.15, 0.2) is 4.77 Å². The molecule has 0 aromatic carbocycles. The summed E-state index contributed by atoms with van der Waals surface area (Å²) in [5, 5.41) is 0. The lowest BCUT2D eigenvalue weighted by atomic mass is 10.1. The Morgan fingerprint density at radius 2 is 2.14 bits per heavy atom. The van der Waals surface area contributed by atoms with Crippen LogP contribution in [0.4, 0.5) is 0 Å². The summed E-state index contributed by atoms with van der Waals surface area (Å²) < 4.78 is 8.11. The summed E-state index contributed by atoms with van der Waals surface area (Å²) >= 11 is 5.21. The fourth-order valence-electron chi connectivity index (χ4n) is 1.41. The molecule has 0 bridgehead atoms. The number of methoxy groups -OCH3 is 1. The van der Waals surface area contributed by atoms with Crippen molar-refractivity contribution in [3.8, 4) is 0 Å². The van der Waals surface area contributed by atoms with Crippen LogP contribution >= 0.6 is 12.2 Å². The summed E-state index contributed by atoms with van der Waals surface area (Å²) in [5.74, 6) is 0.479. The second-order valence-electron chi connectivity index (χ2n) is 3.83. The number of hydrogen-bond acceptors (Lipinski definition) is 2. The molecule has 3 nitrogen and oxygen atoms in total. The molecule has 4 heteroatoms. The summed E-state index contributed by atoms with van der Waals surface area (Å²) in [6.45, 7) is 7.17. The first-order chi connectivity index (χ1) is 6.56. The number of nitrogens with one attached hydrogen (secondary N) is 1. The molecule has 1 rings (SSSR count). The van der Waals surface area contributed by atoms with E-state index in [9.17, 15) is 0 Å². The first kappa shape index (κ1) is 11.5. The summed E-state index contributed by atoms with van der Waals surface area (Å²) in [6, 6.07) is 0. The van der Waals surface area contributed by atoms with Crippen molar-refractivity contribution in [2.24, 2.45) is 0 Å². The highest BCUT2D eigenvalue weighted by atomic mass is 32.1. The summed E-state index contributed by atoms with van der Waals surface area (Å²) in [4.78, 5) is 3.07. The van der Waals surface area contributed by atoms with Crippen molar-refractivity contribution in [1.29, 1.82) is 0 Å². The lowest BCUT2D eigenvalue weighted by Gasteiger charge is -2.14. The van der Waals surface area contributed by atoms with Crippen molar-refractivity contribution in [1.82, 2.24) is 9.55 Å². The first-order valence-corrected chi connectivity index (χ1v) is 5.28. The molecule has 0 saturated heterocycles. The maximum atomic E-state index is 5.23. The molecule has 1 atom stereocenters. The number of rotatable bonds is 4. The Kier molecular flexibility index (Phi) is 3.89. The molecule has 1 aromatic rings. The molecule has 0 aliphatic rings. The maximum absolute atomic E-state index is 5.23. The predicted octanol–water partition coefficient (Wildman–Crippen LogP) is 2.70. The van der Waals surface area contributed by atoms with E-state index < -0.39 is 0 Å². The molecule has 0 aliphatic heterocycles. The molecule has 0 radical (unpaired) electrons. The monoisotopic (exact) mass is 214 g/mol. The van der Waals surface area contributed by atoms with Crippen LogP contribution in [0, 0.1) is 4.77 Å². The van der Waals surface area contributed by atoms with Gasteiger partial charge < -0.3 is 14.3 Å². The standard InChI is InChI=1S/C10H18N2OS/c1-7(2)9-5-11-10(14)12(9)6-8(3)13-4/h5,7-8H,6H2,1-4H3,(H,11,14). The van der Waals surface area contributed by atoms with Gasteiger partial charge in [0.1, 0.15) is 0 Å². The zero-order valence-electron chi connectivity index (χ0n) is 9.20. The number of H-pyrrole nitrogens is 1. The van der Waals surface area contributed by atoms with Gasteiger partial charge in [0, 0.05) is 19.0 Å². The highest BCUT2D eigenvalue weighted by Gasteiger charge is 2.10. The van der Waals surface area contributed by atoms with E-state index in [1.165, 1.54) is 5.69 Å². The summed E-state index contributed by atoms with van der Waals surface area (Å²) in [7, 11) is 1.72. The van der Waals surface area contributed by atoms with Crippen molar-refractivity contribution in [2.45, 2.75) is 39.3 Å². The molecule has 80 valence electrons. The van der Waals surface area contributed by atoms with Gasteiger partial charge in [-0.1, -0.05) is 13.8 Å². The third-order valence-corrected chi connectivity index (χ3v) is 2.67. The van der Waals surface area contributed by atoms with E-state index in [1.807, 2.05) is 13.1 Å². The smallest absolute Gasteiger partial charge is 0.177 e. The maximum Gasteiger partial charge on any atom is 0.177 e. The van der Waals surface area contributed by atoms with Gasteiger partial charge in [0.05, 0.1) is 12.6 Å². The minimum Gasteiger partial charge on any atom is -0.380 e. The molecular weight excluding hydrogens is 196 g/mol. The lowest BCUT2D eigenvalue weighted by molar-refractivity contribution is 0.102. The largest absolute Gasteiger partial charge is 0.380 e. The molecule has 14 heavy (non-hydrogen) atoms. The van der Waals surface area contributed by atoms with E-state index in [1.54, 1.807) is 7.11 Å². The van der Waals surface area contributed by atoms with Gasteiger partial charge in [0.25, 0.3) is 0 Å². The van der Waals surface area contributed by atoms with Gasteiger partial charge >= 0.3 is 0 Å². The molecule has 1 N–H and O–H groups in total. The van der Waals surface area contributed by atoms with Crippen molar-refractivity contribution in [3.63, 3.8) is 0 Å². The Labute approximate surface area is 90.1 Å². The fraction of sp³-hybridized carbons (Fsp3) is 0.700. The number of hydrogen-bond donors (Lipinski definition) is 1. The molecule has 0 spiro atoms. The van der Waals surface area contributed by atoms with Crippen LogP contribution in [0.1, 0.15) is 32.4 Å². The lowest BCUT2D eigenvalue weighted by Crippen LogP contribution is -2.17. The van der Waals surface area contributed by atoms with Gasteiger partial charge in [0.2, 0.25) is 0 Å². The van der Waals surface area contributed by atoms with Crippen molar-refractivity contribution in [3.05, 3.63) is 16.7 Å². The van der Waals surface area contributed by atoms with E-state index >= 15 is 0 Å². The molecule has 0 amide bonds. The third-order valence-electron chi connectivity index (χ3n) is 2.33. The fourth-order valence-corrected chi connectivity index (χ4v) is 1.65. The molecule has 0 saturated carbocycles. The highest BCUT2D eigenvalue weighted by Crippen LogP contribution is 2.15. The minimum absolute atomic E-state index is 0.190. The Hall–Kier alpha value is -0.610. The Balaban J connectivity index is 2.94. The van der Waals surface area contributed by atoms with Gasteiger partial charge in [-0.25, -0.2) is 0 Å². The zero-order valence-corrected chi connectivity index (χ0v) is 10.0. The second kappa shape index (κ2) is 4.75. The predicted molar refractivity (Wildman–Crippen MR) is 60.2 cm³/mol. The minimum atomic E-state index is 0.190. The summed E-state index contributed by atoms with van der Waals surface area (Å²) in [6.07, 6.45) is 2.17. The van der Waals surface area contributed by atoms with Crippen molar-refractivity contribution < 1.29 is 4.74 Å². The van der Waals surface area contributed by atoms with Gasteiger partial charge in [-0.3, -0.25) is 0 Å². The Bertz CT molecular complexity index is 340. The van der Waals surface area contributed by atoms with Crippen LogP contribution in [0.2, 0.25) is 0 Å². The van der Waals surface area contributed by atoms with Crippen LogP contribution in [-0.4, -0.2) is 22.8 Å². The molecule has 1 heterocycles. The highest BCUT2D eigenvalue weighted by molar-refractivity contribution is 7.71. The third kappa shape index (κ3) is 2.45. The van der Waals surface area contributed by atoms with E-state index in [4.69, 9.17) is 17.0 Å². The first-order valence-electron chi connectivity index (χ1n) is 4.87. The molecule has 0 aliphatic carbocycles. The van der Waals surface area contributed by atoms with E-state index in [2.05, 4.69) is 23.4 Å². The van der Waals surface area contributed by atoms with Gasteiger partial charge in [-0.2, -0.15) is 0 Å². The Morgan fingerprint density at radius 3 is 2.64 bits per heavy atom. The average molecular weight is 214 g/mol. The number of imidazole rings is 1. The van der Waals surface area contributed by atoms with Crippen LogP contribution in [0.3, 0.4) is 0 Å². The van der Waals surface area contributed by atoms with Crippen molar-refractivity contribution >= 4 is 12.2 Å². The van der Waals surface area contributed by atoms with E-state index in [0.717, 1.165) is 11.3 Å². The molecule has 1 aromatic heterocycles. The van der Waals surface area contributed by atoms with Crippen LogP contribution in [0.5, 0.6) is 0 Å². The molecule has 0 fully saturated rings. The number of aromatic nitrogens is 2. The Morgan fingerprint density at radius 1 is 1.50 bits per heavy atom. The van der Waals surface area contributed by atoms with Crippen LogP contribution < -0.4 is 0 Å². The SMILES string of the molecule is COC(C)Cn1c(C(C)C)c[nH]c1=S. The molecular formula is C10H18N2OS.